The molecule has 0 radical (unpaired) electrons. The highest BCUT2D eigenvalue weighted by Crippen LogP contribution is 2.26. The van der Waals surface area contributed by atoms with E-state index < -0.39 is 11.9 Å². The van der Waals surface area contributed by atoms with Crippen molar-refractivity contribution < 1.29 is 19.8 Å². The zero-order chi connectivity index (χ0) is 14.5. The Morgan fingerprint density at radius 1 is 1.15 bits per heavy atom. The molecule has 2 fully saturated rings. The summed E-state index contributed by atoms with van der Waals surface area (Å²) < 4.78 is 0. The number of carbonyl (C=O) groups excluding carboxylic acids is 1. The molecule has 1 aliphatic heterocycles. The molecule has 7 heteroatoms. The molecule has 7 nitrogen and oxygen atoms in total. The minimum absolute atomic E-state index is 0.133. The summed E-state index contributed by atoms with van der Waals surface area (Å²) in [5, 5.41) is 20.8. The Bertz CT molecular complexity index is 356. The minimum Gasteiger partial charge on any atom is -0.481 e. The summed E-state index contributed by atoms with van der Waals surface area (Å²) in [6.07, 6.45) is 2.24. The predicted octanol–water partition coefficient (Wildman–Crippen LogP) is -0.441. The molecule has 2 unspecified atom stereocenters. The van der Waals surface area contributed by atoms with Gasteiger partial charge in [-0.3, -0.25) is 9.69 Å². The topological polar surface area (TPSA) is 93.1 Å². The third-order valence-corrected chi connectivity index (χ3v) is 4.22. The number of hydrogen-bond acceptors (Lipinski definition) is 4. The quantitative estimate of drug-likeness (QED) is 0.651. The van der Waals surface area contributed by atoms with Gasteiger partial charge in [-0.25, -0.2) is 4.79 Å². The fraction of sp³-hybridized carbons (Fsp3) is 0.846. The average Bonchev–Trinajstić information content (AvgIpc) is 2.88. The van der Waals surface area contributed by atoms with Crippen molar-refractivity contribution in [3.05, 3.63) is 0 Å². The zero-order valence-electron chi connectivity index (χ0n) is 11.6. The number of carboxylic acids is 1. The minimum atomic E-state index is -0.819. The average molecular weight is 285 g/mol. The molecule has 1 aliphatic carbocycles. The molecule has 1 saturated carbocycles. The molecule has 1 saturated heterocycles. The lowest BCUT2D eigenvalue weighted by molar-refractivity contribution is -0.142. The molecule has 0 aromatic carbocycles. The second kappa shape index (κ2) is 6.90. The van der Waals surface area contributed by atoms with E-state index in [0.29, 0.717) is 26.1 Å². The summed E-state index contributed by atoms with van der Waals surface area (Å²) in [6, 6.07) is -0.401. The lowest BCUT2D eigenvalue weighted by Crippen LogP contribution is -2.54. The van der Waals surface area contributed by atoms with E-state index in [1.165, 1.54) is 0 Å². The number of aliphatic hydroxyl groups excluding tert-OH is 1. The Labute approximate surface area is 118 Å². The second-order valence-corrected chi connectivity index (χ2v) is 5.48. The number of β-amino-alcohol motifs (C(OH)–C–C–N with tert-alkyl or cyclic N) is 1. The van der Waals surface area contributed by atoms with Crippen LogP contribution in [0.2, 0.25) is 0 Å². The van der Waals surface area contributed by atoms with Crippen LogP contribution in [0, 0.1) is 5.92 Å². The summed E-state index contributed by atoms with van der Waals surface area (Å²) in [6.45, 7) is 3.52. The van der Waals surface area contributed by atoms with Gasteiger partial charge >= 0.3 is 12.0 Å². The van der Waals surface area contributed by atoms with Gasteiger partial charge in [0.25, 0.3) is 0 Å². The number of carbonyl (C=O) groups is 2. The van der Waals surface area contributed by atoms with Crippen LogP contribution >= 0.6 is 0 Å². The molecule has 0 aromatic rings. The van der Waals surface area contributed by atoms with Gasteiger partial charge in [-0.1, -0.05) is 6.42 Å². The van der Waals surface area contributed by atoms with Crippen molar-refractivity contribution in [3.8, 4) is 0 Å². The van der Waals surface area contributed by atoms with E-state index in [9.17, 15) is 9.59 Å². The molecule has 2 aliphatic rings. The van der Waals surface area contributed by atoms with E-state index in [4.69, 9.17) is 10.2 Å². The van der Waals surface area contributed by atoms with Crippen molar-refractivity contribution in [2.45, 2.75) is 25.3 Å². The number of nitrogens with one attached hydrogen (secondary N) is 1. The first kappa shape index (κ1) is 15.1. The van der Waals surface area contributed by atoms with E-state index >= 15 is 0 Å². The Hall–Kier alpha value is -1.34. The largest absolute Gasteiger partial charge is 0.481 e. The first-order valence-corrected chi connectivity index (χ1v) is 7.23. The molecule has 2 rings (SSSR count). The summed E-state index contributed by atoms with van der Waals surface area (Å²) >= 11 is 0. The number of nitrogens with zero attached hydrogens (tertiary/aromatic N) is 2. The van der Waals surface area contributed by atoms with Crippen LogP contribution in [0.3, 0.4) is 0 Å². The van der Waals surface area contributed by atoms with Crippen molar-refractivity contribution >= 4 is 12.0 Å². The highest BCUT2D eigenvalue weighted by molar-refractivity contribution is 5.77. The molecule has 20 heavy (non-hydrogen) atoms. The number of carboxylic acid groups (broad SMARTS) is 1. The molecular formula is C13H23N3O4. The molecule has 3 N–H and O–H groups in total. The van der Waals surface area contributed by atoms with Crippen LogP contribution < -0.4 is 5.32 Å². The van der Waals surface area contributed by atoms with Gasteiger partial charge in [-0.2, -0.15) is 0 Å². The molecule has 0 bridgehead atoms. The highest BCUT2D eigenvalue weighted by atomic mass is 16.4. The normalized spacial score (nSPS) is 27.6. The van der Waals surface area contributed by atoms with Crippen LogP contribution in [0.25, 0.3) is 0 Å². The maximum Gasteiger partial charge on any atom is 0.317 e. The number of hydrogen-bond donors (Lipinski definition) is 3. The van der Waals surface area contributed by atoms with Crippen LogP contribution in [-0.4, -0.2) is 77.4 Å². The summed E-state index contributed by atoms with van der Waals surface area (Å²) in [7, 11) is 0. The fourth-order valence-corrected chi connectivity index (χ4v) is 2.99. The van der Waals surface area contributed by atoms with Gasteiger partial charge in [-0.15, -0.1) is 0 Å². The third kappa shape index (κ3) is 3.61. The van der Waals surface area contributed by atoms with E-state index in [0.717, 1.165) is 25.9 Å². The molecule has 2 amide bonds. The van der Waals surface area contributed by atoms with E-state index in [1.807, 2.05) is 0 Å². The maximum atomic E-state index is 12.1. The van der Waals surface area contributed by atoms with Gasteiger partial charge in [0.1, 0.15) is 0 Å². The Kier molecular flexibility index (Phi) is 5.19. The Balaban J connectivity index is 1.79. The SMILES string of the molecule is O=C(O)C1CCCC1NC(=O)N1CCN(CCO)CC1. The Morgan fingerprint density at radius 2 is 1.85 bits per heavy atom. The number of piperazine rings is 1. The van der Waals surface area contributed by atoms with Crippen molar-refractivity contribution in [1.29, 1.82) is 0 Å². The van der Waals surface area contributed by atoms with E-state index in [-0.39, 0.29) is 18.7 Å². The summed E-state index contributed by atoms with van der Waals surface area (Å²) in [5.41, 5.74) is 0. The Morgan fingerprint density at radius 3 is 2.45 bits per heavy atom. The smallest absolute Gasteiger partial charge is 0.317 e. The van der Waals surface area contributed by atoms with Crippen LogP contribution in [-0.2, 0) is 4.79 Å². The number of aliphatic hydroxyl groups is 1. The van der Waals surface area contributed by atoms with Gasteiger partial charge < -0.3 is 20.4 Å². The first-order chi connectivity index (χ1) is 9.61. The number of amides is 2. The monoisotopic (exact) mass is 285 g/mol. The van der Waals surface area contributed by atoms with Crippen LogP contribution in [0.1, 0.15) is 19.3 Å². The van der Waals surface area contributed by atoms with Gasteiger partial charge in [0.15, 0.2) is 0 Å². The van der Waals surface area contributed by atoms with Crippen LogP contribution in [0.5, 0.6) is 0 Å². The predicted molar refractivity (Wildman–Crippen MR) is 72.4 cm³/mol. The van der Waals surface area contributed by atoms with Gasteiger partial charge in [0.05, 0.1) is 12.5 Å². The highest BCUT2D eigenvalue weighted by Gasteiger charge is 2.35. The third-order valence-electron chi connectivity index (χ3n) is 4.22. The van der Waals surface area contributed by atoms with Gasteiger partial charge in [0, 0.05) is 38.8 Å². The first-order valence-electron chi connectivity index (χ1n) is 7.23. The molecule has 1 heterocycles. The molecule has 114 valence electrons. The van der Waals surface area contributed by atoms with Crippen molar-refractivity contribution in [3.63, 3.8) is 0 Å². The summed E-state index contributed by atoms with van der Waals surface area (Å²) in [5.74, 6) is -1.27. The van der Waals surface area contributed by atoms with Gasteiger partial charge in [-0.05, 0) is 12.8 Å². The lowest BCUT2D eigenvalue weighted by atomic mass is 10.0. The van der Waals surface area contributed by atoms with Crippen LogP contribution in [0.4, 0.5) is 4.79 Å². The molecule has 0 aromatic heterocycles. The maximum absolute atomic E-state index is 12.1. The number of urea groups is 1. The lowest BCUT2D eigenvalue weighted by Gasteiger charge is -2.35. The molecule has 0 spiro atoms. The van der Waals surface area contributed by atoms with Crippen molar-refractivity contribution in [2.24, 2.45) is 5.92 Å². The fourth-order valence-electron chi connectivity index (χ4n) is 2.99. The van der Waals surface area contributed by atoms with E-state index in [1.54, 1.807) is 4.90 Å². The van der Waals surface area contributed by atoms with Crippen LogP contribution in [0.15, 0.2) is 0 Å². The number of aliphatic carboxylic acids is 1. The zero-order valence-corrected chi connectivity index (χ0v) is 11.6. The molecular weight excluding hydrogens is 262 g/mol. The van der Waals surface area contributed by atoms with Crippen molar-refractivity contribution in [1.82, 2.24) is 15.1 Å². The van der Waals surface area contributed by atoms with Crippen molar-refractivity contribution in [2.75, 3.05) is 39.3 Å². The second-order valence-electron chi connectivity index (χ2n) is 5.48. The summed E-state index contributed by atoms with van der Waals surface area (Å²) in [4.78, 5) is 27.1. The molecule has 2 atom stereocenters. The van der Waals surface area contributed by atoms with Gasteiger partial charge in [0.2, 0.25) is 0 Å². The van der Waals surface area contributed by atoms with E-state index in [2.05, 4.69) is 10.2 Å². The number of rotatable bonds is 4. The standard InChI is InChI=1S/C13H23N3O4/c17-9-8-15-4-6-16(7-5-15)13(20)14-11-3-1-2-10(11)12(18)19/h10-11,17H,1-9H2,(H,14,20)(H,18,19).